The van der Waals surface area contributed by atoms with Gasteiger partial charge in [-0.25, -0.2) is 9.97 Å². The van der Waals surface area contributed by atoms with E-state index in [-0.39, 0.29) is 5.91 Å². The van der Waals surface area contributed by atoms with Crippen LogP contribution in [0.1, 0.15) is 31.0 Å². The van der Waals surface area contributed by atoms with Crippen molar-refractivity contribution in [2.75, 3.05) is 17.2 Å². The van der Waals surface area contributed by atoms with Crippen LogP contribution in [0, 0.1) is 6.92 Å². The predicted octanol–water partition coefficient (Wildman–Crippen LogP) is 5.54. The van der Waals surface area contributed by atoms with Crippen LogP contribution < -0.4 is 15.4 Å². The molecule has 1 aromatic heterocycles. The van der Waals surface area contributed by atoms with Gasteiger partial charge in [-0.3, -0.25) is 4.79 Å². The molecule has 3 aromatic rings. The number of nitrogens with one attached hydrogen (secondary N) is 2. The minimum absolute atomic E-state index is 0.0422. The molecule has 7 heteroatoms. The largest absolute Gasteiger partial charge is 0.494 e. The highest BCUT2D eigenvalue weighted by molar-refractivity contribution is 6.30. The molecule has 2 N–H and O–H groups in total. The van der Waals surface area contributed by atoms with E-state index in [9.17, 15) is 4.79 Å². The molecule has 156 valence electrons. The smallest absolute Gasteiger partial charge is 0.224 e. The molecule has 0 aliphatic heterocycles. The molecule has 0 aliphatic carbocycles. The third-order valence-corrected chi connectivity index (χ3v) is 4.72. The summed E-state index contributed by atoms with van der Waals surface area (Å²) in [7, 11) is 0. The minimum Gasteiger partial charge on any atom is -0.494 e. The lowest BCUT2D eigenvalue weighted by atomic mass is 10.1. The number of aromatic nitrogens is 2. The van der Waals surface area contributed by atoms with Crippen molar-refractivity contribution in [3.63, 3.8) is 0 Å². The molecule has 30 heavy (non-hydrogen) atoms. The van der Waals surface area contributed by atoms with Crippen molar-refractivity contribution in [2.45, 2.75) is 33.1 Å². The minimum atomic E-state index is -0.0422. The van der Waals surface area contributed by atoms with Gasteiger partial charge in [0, 0.05) is 34.6 Å². The normalized spacial score (nSPS) is 10.5. The van der Waals surface area contributed by atoms with Crippen LogP contribution in [-0.4, -0.2) is 22.5 Å². The van der Waals surface area contributed by atoms with Crippen molar-refractivity contribution in [1.29, 1.82) is 0 Å². The molecule has 2 aromatic carbocycles. The maximum Gasteiger partial charge on any atom is 0.224 e. The standard InChI is InChI=1S/C23H25ClN4O2/c1-3-17-6-9-19(27-22-13-16(2)25-15-26-22)14-21(17)28-23(29)5-4-12-30-20-10-7-18(24)8-11-20/h6-11,13-15H,3-5,12H2,1-2H3,(H,28,29)(H,25,26,27). The van der Waals surface area contributed by atoms with E-state index < -0.39 is 0 Å². The first-order valence-electron chi connectivity index (χ1n) is 9.90. The van der Waals surface area contributed by atoms with Crippen molar-refractivity contribution < 1.29 is 9.53 Å². The fourth-order valence-corrected chi connectivity index (χ4v) is 3.04. The Labute approximate surface area is 181 Å². The lowest BCUT2D eigenvalue weighted by Gasteiger charge is -2.13. The first-order chi connectivity index (χ1) is 14.5. The van der Waals surface area contributed by atoms with Crippen LogP contribution in [0.5, 0.6) is 5.75 Å². The summed E-state index contributed by atoms with van der Waals surface area (Å²) in [6.45, 7) is 4.44. The van der Waals surface area contributed by atoms with Crippen molar-refractivity contribution in [1.82, 2.24) is 9.97 Å². The van der Waals surface area contributed by atoms with Crippen LogP contribution in [0.25, 0.3) is 0 Å². The predicted molar refractivity (Wildman–Crippen MR) is 121 cm³/mol. The number of carbonyl (C=O) groups excluding carboxylic acids is 1. The molecule has 0 aliphatic rings. The summed E-state index contributed by atoms with van der Waals surface area (Å²) in [5.74, 6) is 1.41. The molecular weight excluding hydrogens is 400 g/mol. The van der Waals surface area contributed by atoms with Gasteiger partial charge in [-0.2, -0.15) is 0 Å². The zero-order chi connectivity index (χ0) is 21.3. The van der Waals surface area contributed by atoms with E-state index in [0.29, 0.717) is 30.3 Å². The van der Waals surface area contributed by atoms with Gasteiger partial charge in [0.2, 0.25) is 5.91 Å². The Balaban J connectivity index is 1.54. The molecule has 0 radical (unpaired) electrons. The monoisotopic (exact) mass is 424 g/mol. The average molecular weight is 425 g/mol. The van der Waals surface area contributed by atoms with Gasteiger partial charge in [0.25, 0.3) is 0 Å². The Morgan fingerprint density at radius 2 is 1.90 bits per heavy atom. The summed E-state index contributed by atoms with van der Waals surface area (Å²) in [4.78, 5) is 20.7. The third kappa shape index (κ3) is 6.46. The second-order valence-electron chi connectivity index (χ2n) is 6.85. The topological polar surface area (TPSA) is 76.1 Å². The van der Waals surface area contributed by atoms with Crippen LogP contribution in [0.3, 0.4) is 0 Å². The van der Waals surface area contributed by atoms with E-state index >= 15 is 0 Å². The second-order valence-corrected chi connectivity index (χ2v) is 7.29. The lowest BCUT2D eigenvalue weighted by molar-refractivity contribution is -0.116. The molecule has 3 rings (SSSR count). The van der Waals surface area contributed by atoms with Gasteiger partial charge in [0.15, 0.2) is 0 Å². The number of amides is 1. The maximum atomic E-state index is 12.4. The Kier molecular flexibility index (Phi) is 7.63. The Morgan fingerprint density at radius 3 is 2.63 bits per heavy atom. The van der Waals surface area contributed by atoms with Gasteiger partial charge in [-0.15, -0.1) is 0 Å². The summed E-state index contributed by atoms with van der Waals surface area (Å²) in [5.41, 5.74) is 3.61. The number of ether oxygens (including phenoxy) is 1. The highest BCUT2D eigenvalue weighted by atomic mass is 35.5. The number of nitrogens with zero attached hydrogens (tertiary/aromatic N) is 2. The van der Waals surface area contributed by atoms with E-state index in [1.54, 1.807) is 12.1 Å². The van der Waals surface area contributed by atoms with Crippen molar-refractivity contribution >= 4 is 34.7 Å². The van der Waals surface area contributed by atoms with Crippen molar-refractivity contribution in [2.24, 2.45) is 0 Å². The Hall–Kier alpha value is -3.12. The summed E-state index contributed by atoms with van der Waals surface area (Å²) >= 11 is 5.86. The third-order valence-electron chi connectivity index (χ3n) is 4.47. The van der Waals surface area contributed by atoms with E-state index in [2.05, 4.69) is 27.5 Å². The first kappa shape index (κ1) is 21.6. The molecule has 0 saturated carbocycles. The van der Waals surface area contributed by atoms with Gasteiger partial charge in [0.1, 0.15) is 17.9 Å². The summed E-state index contributed by atoms with van der Waals surface area (Å²) < 4.78 is 5.64. The number of hydrogen-bond acceptors (Lipinski definition) is 5. The van der Waals surface area contributed by atoms with Crippen molar-refractivity contribution in [3.8, 4) is 5.75 Å². The maximum absolute atomic E-state index is 12.4. The highest BCUT2D eigenvalue weighted by Crippen LogP contribution is 2.24. The zero-order valence-electron chi connectivity index (χ0n) is 17.1. The quantitative estimate of drug-likeness (QED) is 0.441. The zero-order valence-corrected chi connectivity index (χ0v) is 17.9. The molecule has 0 bridgehead atoms. The van der Waals surface area contributed by atoms with Gasteiger partial charge in [0.05, 0.1) is 6.61 Å². The summed E-state index contributed by atoms with van der Waals surface area (Å²) in [6, 6.07) is 15.0. The number of hydrogen-bond donors (Lipinski definition) is 2. The number of benzene rings is 2. The van der Waals surface area contributed by atoms with Gasteiger partial charge < -0.3 is 15.4 Å². The number of rotatable bonds is 9. The van der Waals surface area contributed by atoms with Crippen molar-refractivity contribution in [3.05, 3.63) is 71.1 Å². The van der Waals surface area contributed by atoms with Crippen LogP contribution in [0.15, 0.2) is 54.9 Å². The summed E-state index contributed by atoms with van der Waals surface area (Å²) in [5, 5.41) is 6.94. The van der Waals surface area contributed by atoms with Crippen LogP contribution >= 0.6 is 11.6 Å². The number of carbonyl (C=O) groups is 1. The molecule has 0 fully saturated rings. The molecule has 1 amide bonds. The Bertz CT molecular complexity index is 993. The molecule has 0 atom stereocenters. The Morgan fingerprint density at radius 1 is 1.10 bits per heavy atom. The van der Waals surface area contributed by atoms with E-state index in [0.717, 1.165) is 34.8 Å². The fraction of sp³-hybridized carbons (Fsp3) is 0.261. The van der Waals surface area contributed by atoms with Gasteiger partial charge in [-0.1, -0.05) is 24.6 Å². The van der Waals surface area contributed by atoms with Crippen LogP contribution in [-0.2, 0) is 11.2 Å². The molecule has 1 heterocycles. The van der Waals surface area contributed by atoms with Gasteiger partial charge >= 0.3 is 0 Å². The molecular formula is C23H25ClN4O2. The molecule has 0 saturated heterocycles. The first-order valence-corrected chi connectivity index (χ1v) is 10.3. The average Bonchev–Trinajstić information content (AvgIpc) is 2.73. The number of anilines is 3. The summed E-state index contributed by atoms with van der Waals surface area (Å²) in [6.07, 6.45) is 3.34. The number of halogens is 1. The van der Waals surface area contributed by atoms with Crippen LogP contribution in [0.4, 0.5) is 17.2 Å². The highest BCUT2D eigenvalue weighted by Gasteiger charge is 2.08. The fourth-order valence-electron chi connectivity index (χ4n) is 2.92. The van der Waals surface area contributed by atoms with E-state index in [4.69, 9.17) is 16.3 Å². The van der Waals surface area contributed by atoms with E-state index in [1.807, 2.05) is 43.3 Å². The van der Waals surface area contributed by atoms with E-state index in [1.165, 1.54) is 6.33 Å². The van der Waals surface area contributed by atoms with Gasteiger partial charge in [-0.05, 0) is 61.7 Å². The molecule has 0 unspecified atom stereocenters. The SMILES string of the molecule is CCc1ccc(Nc2cc(C)ncn2)cc1NC(=O)CCCOc1ccc(Cl)cc1. The number of aryl methyl sites for hydroxylation is 2. The van der Waals surface area contributed by atoms with Crippen LogP contribution in [0.2, 0.25) is 5.02 Å². The second kappa shape index (κ2) is 10.6. The lowest BCUT2D eigenvalue weighted by Crippen LogP contribution is -2.14. The molecule has 0 spiro atoms. The molecule has 6 nitrogen and oxygen atoms in total.